The van der Waals surface area contributed by atoms with Crippen molar-refractivity contribution in [2.45, 2.75) is 17.4 Å². The van der Waals surface area contributed by atoms with Gasteiger partial charge in [-0.05, 0) is 47.4 Å². The zero-order valence-electron chi connectivity index (χ0n) is 17.3. The van der Waals surface area contributed by atoms with Crippen LogP contribution < -0.4 is 34.3 Å². The van der Waals surface area contributed by atoms with Gasteiger partial charge < -0.3 is 6.53 Å². The maximum atomic E-state index is 12.7. The van der Waals surface area contributed by atoms with Crippen molar-refractivity contribution in [2.24, 2.45) is 0 Å². The molecular weight excluding hydrogens is 411 g/mol. The number of nitrogens with one attached hydrogen (secondary N) is 1. The van der Waals surface area contributed by atoms with Gasteiger partial charge in [0, 0.05) is 0 Å². The molecule has 0 bridgehead atoms. The third kappa shape index (κ3) is 6.02. The largest absolute Gasteiger partial charge is 1.00 e. The Hall–Kier alpha value is -2.47. The van der Waals surface area contributed by atoms with Gasteiger partial charge >= 0.3 is 35.5 Å². The first-order valence-electron chi connectivity index (χ1n) is 8.79. The van der Waals surface area contributed by atoms with Crippen LogP contribution >= 0.6 is 0 Å². The van der Waals surface area contributed by atoms with Crippen LogP contribution in [-0.4, -0.2) is 25.5 Å². The number of rotatable bonds is 7. The van der Waals surface area contributed by atoms with Crippen LogP contribution in [0.4, 0.5) is 0 Å². The molecule has 0 saturated heterocycles. The zero-order chi connectivity index (χ0) is 20.9. The summed E-state index contributed by atoms with van der Waals surface area (Å²) in [4.78, 5) is 11.5. The fourth-order valence-electron chi connectivity index (χ4n) is 2.85. The quantitative estimate of drug-likeness (QED) is 0.525. The van der Waals surface area contributed by atoms with Crippen molar-refractivity contribution in [1.29, 1.82) is 5.26 Å². The Bertz CT molecular complexity index is 1150. The predicted molar refractivity (Wildman–Crippen MR) is 110 cm³/mol. The summed E-state index contributed by atoms with van der Waals surface area (Å²) in [6.07, 6.45) is 0.0404. The van der Waals surface area contributed by atoms with Gasteiger partial charge in [-0.25, -0.2) is 8.42 Å². The third-order valence-electron chi connectivity index (χ3n) is 4.39. The van der Waals surface area contributed by atoms with Gasteiger partial charge in [0.15, 0.2) is 0 Å². The van der Waals surface area contributed by atoms with Gasteiger partial charge in [-0.3, -0.25) is 4.79 Å². The van der Waals surface area contributed by atoms with E-state index in [-0.39, 0.29) is 42.3 Å². The van der Waals surface area contributed by atoms with Crippen molar-refractivity contribution >= 4 is 16.0 Å². The minimum Gasteiger partial charge on any atom is -1.00 e. The van der Waals surface area contributed by atoms with Gasteiger partial charge in [0.25, 0.3) is 0 Å². The number of hydrogen-bond donors (Lipinski definition) is 2. The number of nitriles is 1. The molecule has 148 valence electrons. The molecule has 0 unspecified atom stereocenters. The standard InChI is InChI=1S/C22H18N2O4S.Na.H/c23-15-17-6-8-18(9-7-17)19-10-12-20(13-11-19)29(27,28)24-21(22(25)26)14-16-4-2-1-3-5-16;;/h1-13,21,24H,14H2,(H,25,26);;/q;+1;-1/t21-;;/m1../s1. The van der Waals surface area contributed by atoms with Crippen LogP contribution in [0.1, 0.15) is 12.6 Å². The van der Waals surface area contributed by atoms with E-state index in [1.807, 2.05) is 6.07 Å². The fourth-order valence-corrected chi connectivity index (χ4v) is 4.04. The molecule has 30 heavy (non-hydrogen) atoms. The van der Waals surface area contributed by atoms with Gasteiger partial charge in [-0.1, -0.05) is 54.6 Å². The second kappa shape index (κ2) is 10.5. The van der Waals surface area contributed by atoms with E-state index in [0.29, 0.717) is 5.56 Å². The molecule has 3 aromatic carbocycles. The zero-order valence-corrected chi connectivity index (χ0v) is 19.1. The van der Waals surface area contributed by atoms with Crippen LogP contribution in [0.3, 0.4) is 0 Å². The molecule has 0 amide bonds. The van der Waals surface area contributed by atoms with Crippen molar-refractivity contribution in [2.75, 3.05) is 0 Å². The van der Waals surface area contributed by atoms with E-state index in [1.54, 1.807) is 66.7 Å². The van der Waals surface area contributed by atoms with Crippen LogP contribution in [-0.2, 0) is 21.2 Å². The van der Waals surface area contributed by atoms with Crippen LogP contribution in [0.25, 0.3) is 11.1 Å². The number of benzene rings is 3. The van der Waals surface area contributed by atoms with E-state index in [0.717, 1.165) is 16.7 Å². The number of hydrogen-bond acceptors (Lipinski definition) is 4. The summed E-state index contributed by atoms with van der Waals surface area (Å²) in [5.41, 5.74) is 2.88. The van der Waals surface area contributed by atoms with Gasteiger partial charge in [-0.15, -0.1) is 0 Å². The van der Waals surface area contributed by atoms with Crippen molar-refractivity contribution in [1.82, 2.24) is 4.72 Å². The van der Waals surface area contributed by atoms with Crippen molar-refractivity contribution in [3.8, 4) is 17.2 Å². The summed E-state index contributed by atoms with van der Waals surface area (Å²) in [5, 5.41) is 18.3. The first kappa shape index (κ1) is 23.8. The molecule has 3 aromatic rings. The average molecular weight is 430 g/mol. The van der Waals surface area contributed by atoms with Crippen LogP contribution in [0.15, 0.2) is 83.8 Å². The molecule has 0 heterocycles. The molecule has 0 aliphatic rings. The van der Waals surface area contributed by atoms with E-state index >= 15 is 0 Å². The molecule has 0 aliphatic carbocycles. The number of sulfonamides is 1. The number of carboxylic acid groups (broad SMARTS) is 1. The van der Waals surface area contributed by atoms with Crippen LogP contribution in [0.2, 0.25) is 0 Å². The van der Waals surface area contributed by atoms with Crippen molar-refractivity contribution < 1.29 is 49.3 Å². The molecule has 2 N–H and O–H groups in total. The SMILES string of the molecule is N#Cc1ccc(-c2ccc(S(=O)(=O)N[C@H](Cc3ccccc3)C(=O)O)cc2)cc1.[H-].[Na+]. The maximum Gasteiger partial charge on any atom is 1.00 e. The number of nitrogens with zero attached hydrogens (tertiary/aromatic N) is 1. The molecular formula is C22H19N2NaO4S. The summed E-state index contributed by atoms with van der Waals surface area (Å²) in [6, 6.07) is 22.7. The summed E-state index contributed by atoms with van der Waals surface area (Å²) >= 11 is 0. The van der Waals surface area contributed by atoms with E-state index < -0.39 is 22.0 Å². The average Bonchev–Trinajstić information content (AvgIpc) is 2.74. The van der Waals surface area contributed by atoms with Crippen molar-refractivity contribution in [3.63, 3.8) is 0 Å². The Kier molecular flexibility index (Phi) is 8.35. The molecule has 1 atom stereocenters. The smallest absolute Gasteiger partial charge is 1.00 e. The third-order valence-corrected chi connectivity index (χ3v) is 5.88. The molecule has 0 radical (unpaired) electrons. The Morgan fingerprint density at radius 3 is 2.00 bits per heavy atom. The number of carbonyl (C=O) groups is 1. The minimum atomic E-state index is -4.01. The Morgan fingerprint density at radius 2 is 1.50 bits per heavy atom. The van der Waals surface area contributed by atoms with E-state index in [1.165, 1.54) is 12.1 Å². The van der Waals surface area contributed by atoms with Gasteiger partial charge in [-0.2, -0.15) is 9.98 Å². The Morgan fingerprint density at radius 1 is 0.967 bits per heavy atom. The van der Waals surface area contributed by atoms with Gasteiger partial charge in [0.2, 0.25) is 10.0 Å². The number of carboxylic acids is 1. The van der Waals surface area contributed by atoms with Crippen LogP contribution in [0.5, 0.6) is 0 Å². The topological polar surface area (TPSA) is 107 Å². The summed E-state index contributed by atoms with van der Waals surface area (Å²) in [7, 11) is -4.01. The van der Waals surface area contributed by atoms with E-state index in [2.05, 4.69) is 4.72 Å². The second-order valence-electron chi connectivity index (χ2n) is 6.42. The molecule has 0 fully saturated rings. The predicted octanol–water partition coefficient (Wildman–Crippen LogP) is 0.316. The Labute approximate surface area is 199 Å². The monoisotopic (exact) mass is 430 g/mol. The first-order valence-corrected chi connectivity index (χ1v) is 10.3. The van der Waals surface area contributed by atoms with E-state index in [4.69, 9.17) is 5.26 Å². The second-order valence-corrected chi connectivity index (χ2v) is 8.13. The summed E-state index contributed by atoms with van der Waals surface area (Å²) in [5.74, 6) is -1.24. The minimum absolute atomic E-state index is 0. The molecule has 6 nitrogen and oxygen atoms in total. The van der Waals surface area contributed by atoms with Crippen molar-refractivity contribution in [3.05, 3.63) is 90.0 Å². The van der Waals surface area contributed by atoms with Gasteiger partial charge in [0.05, 0.1) is 16.5 Å². The Balaban J connectivity index is 0.00000240. The number of aliphatic carboxylic acids is 1. The maximum absolute atomic E-state index is 12.7. The molecule has 8 heteroatoms. The molecule has 0 spiro atoms. The summed E-state index contributed by atoms with van der Waals surface area (Å²) in [6.45, 7) is 0. The normalized spacial score (nSPS) is 11.7. The molecule has 0 aliphatic heterocycles. The van der Waals surface area contributed by atoms with Crippen LogP contribution in [0, 0.1) is 11.3 Å². The molecule has 0 aromatic heterocycles. The first-order chi connectivity index (χ1) is 13.9. The molecule has 0 saturated carbocycles. The molecule has 3 rings (SSSR count). The summed E-state index contributed by atoms with van der Waals surface area (Å²) < 4.78 is 27.6. The fraction of sp³-hybridized carbons (Fsp3) is 0.0909. The van der Waals surface area contributed by atoms with Gasteiger partial charge in [0.1, 0.15) is 6.04 Å². The van der Waals surface area contributed by atoms with E-state index in [9.17, 15) is 18.3 Å².